The van der Waals surface area contributed by atoms with E-state index in [4.69, 9.17) is 9.47 Å². The molecule has 3 heterocycles. The highest BCUT2D eigenvalue weighted by Gasteiger charge is 2.42. The maximum Gasteiger partial charge on any atom is 0.328 e. The molecule has 1 aliphatic heterocycles. The molecule has 11 nitrogen and oxygen atoms in total. The third-order valence-corrected chi connectivity index (χ3v) is 7.76. The van der Waals surface area contributed by atoms with Crippen molar-refractivity contribution in [1.82, 2.24) is 34.9 Å². The lowest BCUT2D eigenvalue weighted by Crippen LogP contribution is -2.41. The predicted molar refractivity (Wildman–Crippen MR) is 149 cm³/mol. The quantitative estimate of drug-likeness (QED) is 0.267. The van der Waals surface area contributed by atoms with Crippen LogP contribution >= 0.6 is 15.9 Å². The SMILES string of the molecule is COC(=O)[C@@H]1C[C@H](n2cc(-c3ccc(OC)c4ccccc34)nn2)CN1C(=O)c1cn(-c2ccccc2Br)nn1. The molecule has 3 aromatic carbocycles. The number of amides is 1. The minimum absolute atomic E-state index is 0.120. The van der Waals surface area contributed by atoms with Crippen molar-refractivity contribution in [3.8, 4) is 22.7 Å². The van der Waals surface area contributed by atoms with E-state index in [9.17, 15) is 9.59 Å². The zero-order chi connectivity index (χ0) is 27.8. The van der Waals surface area contributed by atoms with Crippen molar-refractivity contribution in [2.45, 2.75) is 18.5 Å². The van der Waals surface area contributed by atoms with Crippen LogP contribution < -0.4 is 4.74 Å². The van der Waals surface area contributed by atoms with E-state index in [0.29, 0.717) is 12.1 Å². The van der Waals surface area contributed by atoms with Crippen LogP contribution in [-0.4, -0.2) is 73.6 Å². The lowest BCUT2D eigenvalue weighted by Gasteiger charge is -2.21. The summed E-state index contributed by atoms with van der Waals surface area (Å²) in [6, 6.07) is 18.2. The largest absolute Gasteiger partial charge is 0.496 e. The number of fused-ring (bicyclic) bond motifs is 1. The molecule has 0 unspecified atom stereocenters. The highest BCUT2D eigenvalue weighted by Crippen LogP contribution is 2.35. The van der Waals surface area contributed by atoms with E-state index in [1.54, 1.807) is 18.0 Å². The molecule has 0 bridgehead atoms. The second-order valence-corrected chi connectivity index (χ2v) is 10.2. The second kappa shape index (κ2) is 10.5. The molecule has 40 heavy (non-hydrogen) atoms. The van der Waals surface area contributed by atoms with Crippen molar-refractivity contribution < 1.29 is 19.1 Å². The van der Waals surface area contributed by atoms with Gasteiger partial charge in [0.2, 0.25) is 0 Å². The van der Waals surface area contributed by atoms with Gasteiger partial charge >= 0.3 is 5.97 Å². The number of hydrogen-bond donors (Lipinski definition) is 0. The minimum Gasteiger partial charge on any atom is -0.496 e. The van der Waals surface area contributed by atoms with Crippen molar-refractivity contribution >= 4 is 38.6 Å². The van der Waals surface area contributed by atoms with E-state index in [1.807, 2.05) is 66.9 Å². The molecule has 12 heteroatoms. The number of carbonyl (C=O) groups excluding carboxylic acids is 2. The summed E-state index contributed by atoms with van der Waals surface area (Å²) >= 11 is 3.49. The summed E-state index contributed by atoms with van der Waals surface area (Å²) in [5.41, 5.74) is 2.43. The molecule has 1 aliphatic rings. The Bertz CT molecular complexity index is 1730. The van der Waals surface area contributed by atoms with Gasteiger partial charge in [-0.25, -0.2) is 14.2 Å². The summed E-state index contributed by atoms with van der Waals surface area (Å²) in [4.78, 5) is 27.7. The van der Waals surface area contributed by atoms with Crippen LogP contribution in [0.15, 0.2) is 77.5 Å². The number of methoxy groups -OCH3 is 2. The van der Waals surface area contributed by atoms with E-state index in [0.717, 1.165) is 32.2 Å². The summed E-state index contributed by atoms with van der Waals surface area (Å²) in [5.74, 6) is -0.151. The lowest BCUT2D eigenvalue weighted by atomic mass is 10.0. The Morgan fingerprint density at radius 2 is 1.70 bits per heavy atom. The maximum absolute atomic E-state index is 13.6. The molecule has 0 aliphatic carbocycles. The Kier molecular flexibility index (Phi) is 6.76. The van der Waals surface area contributed by atoms with E-state index < -0.39 is 17.9 Å². The molecule has 0 N–H and O–H groups in total. The van der Waals surface area contributed by atoms with E-state index in [-0.39, 0.29) is 18.3 Å². The first kappa shape index (κ1) is 25.7. The van der Waals surface area contributed by atoms with Gasteiger partial charge in [0.15, 0.2) is 5.69 Å². The average Bonchev–Trinajstić information content (AvgIpc) is 3.76. The van der Waals surface area contributed by atoms with Crippen LogP contribution in [0.2, 0.25) is 0 Å². The van der Waals surface area contributed by atoms with Crippen LogP contribution in [0.1, 0.15) is 23.0 Å². The topological polar surface area (TPSA) is 117 Å². The molecule has 0 radical (unpaired) electrons. The molecule has 6 rings (SSSR count). The van der Waals surface area contributed by atoms with E-state index in [2.05, 4.69) is 36.6 Å². The number of rotatable bonds is 6. The fraction of sp³-hybridized carbons (Fsp3) is 0.214. The zero-order valence-corrected chi connectivity index (χ0v) is 23.2. The number of para-hydroxylation sites is 1. The number of carbonyl (C=O) groups is 2. The fourth-order valence-corrected chi connectivity index (χ4v) is 5.57. The van der Waals surface area contributed by atoms with Crippen molar-refractivity contribution in [3.05, 3.63) is 83.2 Å². The Balaban J connectivity index is 1.28. The molecular weight excluding hydrogens is 578 g/mol. The number of ether oxygens (including phenoxy) is 2. The van der Waals surface area contributed by atoms with Gasteiger partial charge in [0.1, 0.15) is 17.5 Å². The summed E-state index contributed by atoms with van der Waals surface area (Å²) in [6.45, 7) is 0.229. The van der Waals surface area contributed by atoms with Gasteiger partial charge in [0.05, 0.1) is 38.3 Å². The van der Waals surface area contributed by atoms with E-state index in [1.165, 1.54) is 16.7 Å². The Morgan fingerprint density at radius 3 is 2.48 bits per heavy atom. The third kappa shape index (κ3) is 4.49. The third-order valence-electron chi connectivity index (χ3n) is 7.09. The smallest absolute Gasteiger partial charge is 0.328 e. The van der Waals surface area contributed by atoms with Gasteiger partial charge in [-0.1, -0.05) is 46.8 Å². The van der Waals surface area contributed by atoms with Gasteiger partial charge in [-0.15, -0.1) is 10.2 Å². The van der Waals surface area contributed by atoms with Gasteiger partial charge in [-0.2, -0.15) is 0 Å². The van der Waals surface area contributed by atoms with Gasteiger partial charge in [0, 0.05) is 28.4 Å². The summed E-state index contributed by atoms with van der Waals surface area (Å²) < 4.78 is 14.6. The number of esters is 1. The summed E-state index contributed by atoms with van der Waals surface area (Å²) in [6.07, 6.45) is 3.71. The van der Waals surface area contributed by atoms with Crippen molar-refractivity contribution in [1.29, 1.82) is 0 Å². The Labute approximate surface area is 237 Å². The normalized spacial score (nSPS) is 16.8. The minimum atomic E-state index is -0.800. The van der Waals surface area contributed by atoms with Crippen LogP contribution in [-0.2, 0) is 9.53 Å². The Hall–Kier alpha value is -4.58. The number of nitrogens with zero attached hydrogens (tertiary/aromatic N) is 7. The molecule has 2 atom stereocenters. The highest BCUT2D eigenvalue weighted by molar-refractivity contribution is 9.10. The average molecular weight is 602 g/mol. The zero-order valence-electron chi connectivity index (χ0n) is 21.6. The fourth-order valence-electron chi connectivity index (χ4n) is 5.10. The molecule has 202 valence electrons. The Morgan fingerprint density at radius 1 is 0.925 bits per heavy atom. The van der Waals surface area contributed by atoms with Gasteiger partial charge in [-0.3, -0.25) is 4.79 Å². The van der Waals surface area contributed by atoms with Gasteiger partial charge < -0.3 is 14.4 Å². The number of halogens is 1. The number of hydrogen-bond acceptors (Lipinski definition) is 8. The molecule has 1 amide bonds. The van der Waals surface area contributed by atoms with Crippen LogP contribution in [0.4, 0.5) is 0 Å². The first-order valence-electron chi connectivity index (χ1n) is 12.5. The molecule has 0 saturated carbocycles. The molecule has 5 aromatic rings. The highest BCUT2D eigenvalue weighted by atomic mass is 79.9. The van der Waals surface area contributed by atoms with Crippen LogP contribution in [0.25, 0.3) is 27.7 Å². The van der Waals surface area contributed by atoms with Gasteiger partial charge in [-0.05, 0) is 45.6 Å². The van der Waals surface area contributed by atoms with Crippen LogP contribution in [0.3, 0.4) is 0 Å². The maximum atomic E-state index is 13.6. The number of likely N-dealkylation sites (tertiary alicyclic amines) is 1. The number of aromatic nitrogens is 6. The number of benzene rings is 3. The van der Waals surface area contributed by atoms with Crippen molar-refractivity contribution in [2.75, 3.05) is 20.8 Å². The van der Waals surface area contributed by atoms with Crippen LogP contribution in [0.5, 0.6) is 5.75 Å². The standard InChI is InChI=1S/C28H24BrN7O4/c1-39-26-12-11-19(18-7-3-4-8-20(18)26)22-15-35(32-30-22)17-13-25(28(38)40-2)34(14-17)27(37)23-16-36(33-31-23)24-10-6-5-9-21(24)29/h3-12,15-17,25H,13-14H2,1-2H3/t17-,25-/m0/s1. The summed E-state index contributed by atoms with van der Waals surface area (Å²) in [5, 5.41) is 19.0. The molecule has 2 aromatic heterocycles. The van der Waals surface area contributed by atoms with Gasteiger partial charge in [0.25, 0.3) is 5.91 Å². The lowest BCUT2D eigenvalue weighted by molar-refractivity contribution is -0.145. The van der Waals surface area contributed by atoms with Crippen molar-refractivity contribution in [3.63, 3.8) is 0 Å². The van der Waals surface area contributed by atoms with Crippen molar-refractivity contribution in [2.24, 2.45) is 0 Å². The summed E-state index contributed by atoms with van der Waals surface area (Å²) in [7, 11) is 2.95. The monoisotopic (exact) mass is 601 g/mol. The molecule has 0 spiro atoms. The van der Waals surface area contributed by atoms with Crippen LogP contribution in [0, 0.1) is 0 Å². The molecular formula is C28H24BrN7O4. The van der Waals surface area contributed by atoms with E-state index >= 15 is 0 Å². The predicted octanol–water partition coefficient (Wildman–Crippen LogP) is 4.08. The first-order valence-corrected chi connectivity index (χ1v) is 13.3. The first-order chi connectivity index (χ1) is 19.5. The second-order valence-electron chi connectivity index (χ2n) is 9.33. The molecule has 1 fully saturated rings. The molecule has 1 saturated heterocycles.